The largest absolute Gasteiger partial charge is 0.367 e. The highest BCUT2D eigenvalue weighted by Gasteiger charge is 2.54. The molecule has 3 heterocycles. The minimum atomic E-state index is -0.722. The highest BCUT2D eigenvalue weighted by atomic mass is 19.1. The van der Waals surface area contributed by atoms with Crippen molar-refractivity contribution < 1.29 is 4.39 Å². The number of anilines is 1. The molecular weight excluding hydrogens is 337 g/mol. The molecule has 3 fully saturated rings. The fourth-order valence-corrected chi connectivity index (χ4v) is 4.61. The number of aromatic nitrogens is 2. The van der Waals surface area contributed by atoms with Gasteiger partial charge in [-0.05, 0) is 38.5 Å². The molecule has 1 saturated heterocycles. The first-order valence-electron chi connectivity index (χ1n) is 9.10. The SMILES string of the molecule is Cc1c(N2CC(N)C3(CC3)C2)c(F)cn2c(=O)n(N)c(=O)c(C3CC3)c12. The Morgan fingerprint density at radius 3 is 2.54 bits per heavy atom. The van der Waals surface area contributed by atoms with Gasteiger partial charge in [0.25, 0.3) is 5.56 Å². The van der Waals surface area contributed by atoms with Gasteiger partial charge >= 0.3 is 5.69 Å². The van der Waals surface area contributed by atoms with Gasteiger partial charge in [0.2, 0.25) is 0 Å². The van der Waals surface area contributed by atoms with E-state index in [1.54, 1.807) is 6.92 Å². The maximum Gasteiger partial charge on any atom is 0.354 e. The first-order chi connectivity index (χ1) is 12.3. The van der Waals surface area contributed by atoms with Crippen molar-refractivity contribution in [1.29, 1.82) is 0 Å². The van der Waals surface area contributed by atoms with Gasteiger partial charge in [-0.2, -0.15) is 4.68 Å². The number of rotatable bonds is 2. The average Bonchev–Trinajstić information content (AvgIpc) is 3.48. The van der Waals surface area contributed by atoms with Crippen LogP contribution in [0.2, 0.25) is 0 Å². The van der Waals surface area contributed by atoms with Crippen LogP contribution in [-0.4, -0.2) is 28.2 Å². The summed E-state index contributed by atoms with van der Waals surface area (Å²) in [6, 6.07) is 0.0275. The Hall–Kier alpha value is -2.35. The third-order valence-electron chi connectivity index (χ3n) is 6.44. The number of hydrogen-bond donors (Lipinski definition) is 2. The highest BCUT2D eigenvalue weighted by Crippen LogP contribution is 2.53. The van der Waals surface area contributed by atoms with E-state index in [-0.39, 0.29) is 17.4 Å². The molecule has 138 valence electrons. The molecule has 8 heteroatoms. The Balaban J connectivity index is 1.79. The van der Waals surface area contributed by atoms with Crippen molar-refractivity contribution in [2.24, 2.45) is 11.1 Å². The molecule has 26 heavy (non-hydrogen) atoms. The third-order valence-corrected chi connectivity index (χ3v) is 6.44. The topological polar surface area (TPSA) is 98.8 Å². The molecule has 2 saturated carbocycles. The van der Waals surface area contributed by atoms with E-state index >= 15 is 4.39 Å². The van der Waals surface area contributed by atoms with Gasteiger partial charge in [-0.3, -0.25) is 9.20 Å². The minimum Gasteiger partial charge on any atom is -0.367 e. The van der Waals surface area contributed by atoms with Crippen LogP contribution in [0.1, 0.15) is 42.7 Å². The molecule has 2 aromatic heterocycles. The second kappa shape index (κ2) is 4.88. The summed E-state index contributed by atoms with van der Waals surface area (Å²) in [4.78, 5) is 27.0. The lowest BCUT2D eigenvalue weighted by Crippen LogP contribution is -2.44. The lowest BCUT2D eigenvalue weighted by molar-refractivity contribution is 0.499. The summed E-state index contributed by atoms with van der Waals surface area (Å²) in [6.07, 6.45) is 5.07. The lowest BCUT2D eigenvalue weighted by atomic mass is 10.0. The van der Waals surface area contributed by atoms with E-state index < -0.39 is 17.1 Å². The number of aryl methyl sites for hydroxylation is 1. The van der Waals surface area contributed by atoms with Crippen LogP contribution in [0.15, 0.2) is 15.8 Å². The molecule has 0 radical (unpaired) electrons. The summed E-state index contributed by atoms with van der Waals surface area (Å²) in [5.74, 6) is 5.26. The number of fused-ring (bicyclic) bond motifs is 1. The normalized spacial score (nSPS) is 24.0. The lowest BCUT2D eigenvalue weighted by Gasteiger charge is -2.24. The van der Waals surface area contributed by atoms with E-state index in [9.17, 15) is 9.59 Å². The Morgan fingerprint density at radius 2 is 1.96 bits per heavy atom. The molecule has 2 aromatic rings. The Kier molecular flexibility index (Phi) is 2.98. The van der Waals surface area contributed by atoms with Crippen LogP contribution in [0.5, 0.6) is 0 Å². The number of halogens is 1. The van der Waals surface area contributed by atoms with Crippen LogP contribution in [0, 0.1) is 18.2 Å². The van der Waals surface area contributed by atoms with Crippen molar-refractivity contribution in [2.75, 3.05) is 23.8 Å². The zero-order chi connectivity index (χ0) is 18.4. The fourth-order valence-electron chi connectivity index (χ4n) is 4.61. The molecule has 1 spiro atoms. The maximum absolute atomic E-state index is 15.0. The molecule has 1 aliphatic heterocycles. The number of hydrogen-bond acceptors (Lipinski definition) is 5. The third kappa shape index (κ3) is 1.96. The average molecular weight is 359 g/mol. The smallest absolute Gasteiger partial charge is 0.354 e. The van der Waals surface area contributed by atoms with Crippen molar-refractivity contribution in [3.8, 4) is 0 Å². The molecule has 2 aliphatic carbocycles. The molecule has 1 unspecified atom stereocenters. The van der Waals surface area contributed by atoms with Gasteiger partial charge in [-0.15, -0.1) is 0 Å². The number of nitrogens with zero attached hydrogens (tertiary/aromatic N) is 3. The van der Waals surface area contributed by atoms with Gasteiger partial charge in [0.1, 0.15) is 0 Å². The highest BCUT2D eigenvalue weighted by molar-refractivity contribution is 5.73. The summed E-state index contributed by atoms with van der Waals surface area (Å²) in [5.41, 5.74) is 7.29. The van der Waals surface area contributed by atoms with E-state index in [1.807, 2.05) is 4.90 Å². The first kappa shape index (κ1) is 15.9. The molecule has 0 aromatic carbocycles. The van der Waals surface area contributed by atoms with Gasteiger partial charge in [0.15, 0.2) is 5.82 Å². The van der Waals surface area contributed by atoms with Crippen molar-refractivity contribution in [2.45, 2.75) is 44.6 Å². The molecule has 1 atom stereocenters. The second-order valence-corrected chi connectivity index (χ2v) is 8.16. The number of nitrogens with two attached hydrogens (primary N) is 2. The van der Waals surface area contributed by atoms with E-state index in [4.69, 9.17) is 11.6 Å². The Morgan fingerprint density at radius 1 is 1.27 bits per heavy atom. The molecule has 3 aliphatic rings. The first-order valence-corrected chi connectivity index (χ1v) is 9.10. The minimum absolute atomic E-state index is 0.0275. The summed E-state index contributed by atoms with van der Waals surface area (Å²) in [7, 11) is 0. The standard InChI is InChI=1S/C18H22FN5O2/c1-9-14(22-7-12(20)18(8-22)4-5-18)11(19)6-23-15(9)13(10-2-3-10)16(25)24(21)17(23)26/h6,10,12H,2-5,7-8,20-21H2,1H3. The number of nitrogen functional groups attached to an aromatic ring is 1. The predicted molar refractivity (Wildman–Crippen MR) is 96.6 cm³/mol. The van der Waals surface area contributed by atoms with E-state index in [2.05, 4.69) is 0 Å². The summed E-state index contributed by atoms with van der Waals surface area (Å²) >= 11 is 0. The summed E-state index contributed by atoms with van der Waals surface area (Å²) < 4.78 is 16.8. The van der Waals surface area contributed by atoms with Gasteiger partial charge in [0, 0.05) is 35.7 Å². The molecule has 5 rings (SSSR count). The quantitative estimate of drug-likeness (QED) is 0.758. The molecule has 4 N–H and O–H groups in total. The van der Waals surface area contributed by atoms with Crippen LogP contribution >= 0.6 is 0 Å². The van der Waals surface area contributed by atoms with Gasteiger partial charge in [0.05, 0.1) is 17.4 Å². The van der Waals surface area contributed by atoms with Crippen molar-refractivity contribution >= 4 is 11.2 Å². The summed E-state index contributed by atoms with van der Waals surface area (Å²) in [5, 5.41) is 0. The Bertz CT molecular complexity index is 1060. The molecule has 0 bridgehead atoms. The van der Waals surface area contributed by atoms with Crippen molar-refractivity contribution in [1.82, 2.24) is 9.08 Å². The van der Waals surface area contributed by atoms with Crippen LogP contribution < -0.4 is 27.7 Å². The van der Waals surface area contributed by atoms with Crippen LogP contribution in [0.4, 0.5) is 10.1 Å². The predicted octanol–water partition coefficient (Wildman–Crippen LogP) is 0.427. The maximum atomic E-state index is 15.0. The monoisotopic (exact) mass is 359 g/mol. The van der Waals surface area contributed by atoms with Crippen LogP contribution in [0.3, 0.4) is 0 Å². The molecule has 7 nitrogen and oxygen atoms in total. The van der Waals surface area contributed by atoms with Crippen LogP contribution in [-0.2, 0) is 0 Å². The van der Waals surface area contributed by atoms with Crippen molar-refractivity contribution in [3.63, 3.8) is 0 Å². The van der Waals surface area contributed by atoms with E-state index in [0.717, 1.165) is 38.4 Å². The second-order valence-electron chi connectivity index (χ2n) is 8.16. The Labute approximate surface area is 149 Å². The van der Waals surface area contributed by atoms with Gasteiger partial charge in [-0.1, -0.05) is 0 Å². The van der Waals surface area contributed by atoms with E-state index in [0.29, 0.717) is 33.6 Å². The fraction of sp³-hybridized carbons (Fsp3) is 0.556. The zero-order valence-corrected chi connectivity index (χ0v) is 14.7. The van der Waals surface area contributed by atoms with Gasteiger partial charge in [-0.25, -0.2) is 9.18 Å². The summed E-state index contributed by atoms with van der Waals surface area (Å²) in [6.45, 7) is 3.09. The molecule has 0 amide bonds. The van der Waals surface area contributed by atoms with E-state index in [1.165, 1.54) is 4.40 Å². The van der Waals surface area contributed by atoms with Crippen LogP contribution in [0.25, 0.3) is 5.52 Å². The molecular formula is C18H22FN5O2. The number of pyridine rings is 1. The zero-order valence-electron chi connectivity index (χ0n) is 14.7. The van der Waals surface area contributed by atoms with Gasteiger partial charge < -0.3 is 16.5 Å². The van der Waals surface area contributed by atoms with Crippen molar-refractivity contribution in [3.05, 3.63) is 44.0 Å².